The highest BCUT2D eigenvalue weighted by Gasteiger charge is 2.49. The predicted octanol–water partition coefficient (Wildman–Crippen LogP) is 7.97. The minimum Gasteiger partial charge on any atom is -0.468 e. The van der Waals surface area contributed by atoms with E-state index in [-0.39, 0.29) is 47.6 Å². The fraction of sp³-hybridized carbons (Fsp3) is 0.533. The number of likely N-dealkylation sites (tertiary alicyclic amines) is 1. The Bertz CT molecular complexity index is 3150. The van der Waals surface area contributed by atoms with Crippen molar-refractivity contribution in [2.45, 2.75) is 96.6 Å². The molecular formula is C60H68FN9O5. The first-order chi connectivity index (χ1) is 36.5. The van der Waals surface area contributed by atoms with Gasteiger partial charge in [0.2, 0.25) is 17.6 Å². The number of piperazine rings is 1. The molecule has 390 valence electrons. The minimum atomic E-state index is -0.597. The van der Waals surface area contributed by atoms with Crippen molar-refractivity contribution in [2.75, 3.05) is 89.2 Å². The molecule has 7 heterocycles. The van der Waals surface area contributed by atoms with Gasteiger partial charge in [-0.15, -0.1) is 0 Å². The van der Waals surface area contributed by atoms with Crippen molar-refractivity contribution in [3.8, 4) is 28.8 Å². The molecule has 8 aliphatic rings. The molecule has 2 unspecified atom stereocenters. The Kier molecular flexibility index (Phi) is 12.5. The zero-order valence-electron chi connectivity index (χ0n) is 43.5. The van der Waals surface area contributed by atoms with E-state index in [1.165, 1.54) is 44.9 Å². The molecule has 15 heteroatoms. The van der Waals surface area contributed by atoms with Crippen molar-refractivity contribution in [1.82, 2.24) is 35.0 Å². The molecule has 0 radical (unpaired) electrons. The molecule has 2 bridgehead atoms. The number of amides is 3. The topological polar surface area (TPSA) is 137 Å². The van der Waals surface area contributed by atoms with Crippen molar-refractivity contribution in [1.29, 1.82) is 0 Å². The van der Waals surface area contributed by atoms with Crippen LogP contribution in [0.4, 0.5) is 15.9 Å². The highest BCUT2D eigenvalue weighted by Crippen LogP contribution is 2.54. The number of anilines is 2. The third-order valence-corrected chi connectivity index (χ3v) is 18.5. The maximum atomic E-state index is 17.5. The number of carbonyl (C=O) groups excluding carboxylic acids is 3. The van der Waals surface area contributed by atoms with E-state index in [0.29, 0.717) is 58.3 Å². The molecule has 3 atom stereocenters. The zero-order valence-corrected chi connectivity index (χ0v) is 43.5. The second-order valence-corrected chi connectivity index (χ2v) is 23.5. The number of carbonyl (C=O) groups is 3. The molecule has 3 saturated carbocycles. The first-order valence-electron chi connectivity index (χ1n) is 27.8. The van der Waals surface area contributed by atoms with Gasteiger partial charge in [0.25, 0.3) is 5.91 Å². The van der Waals surface area contributed by atoms with Gasteiger partial charge in [-0.2, -0.15) is 0 Å². The molecule has 3 aliphatic carbocycles. The van der Waals surface area contributed by atoms with Gasteiger partial charge in [0.15, 0.2) is 12.6 Å². The van der Waals surface area contributed by atoms with E-state index in [1.807, 2.05) is 30.3 Å². The van der Waals surface area contributed by atoms with E-state index in [4.69, 9.17) is 24.4 Å². The Morgan fingerprint density at radius 3 is 2.41 bits per heavy atom. The molecule has 2 aromatic heterocycles. The summed E-state index contributed by atoms with van der Waals surface area (Å²) in [6, 6.07) is 15.5. The number of imide groups is 1. The third kappa shape index (κ3) is 9.28. The standard InChI is InChI=1S/C60H68FN9O5/c1-3-41-5-4-6-42-27-45(75-37-74-2)28-47(52(41)42)54-53(61)55-48(31-62-54)56(69-33-38-7-8-39(25-38)34-69)64-50(63-55)13-14-59(15-16-59)36-67-19-17-60(18-20-67)29-40(30-60)32-66-21-23-68(24-22-66)44-9-10-46-43(26-44)35-70(58(46)73)49-11-12-51(71)65-57(49)72/h4-6,9-10,26-28,31,38-40,49H,3,7-8,11-12,15-25,29-30,32-37H2,1-2H3,(H,65,71,72)/t38?,39?,49-/m0/s1. The van der Waals surface area contributed by atoms with Gasteiger partial charge in [0.05, 0.1) is 5.39 Å². The Labute approximate surface area is 438 Å². The summed E-state index contributed by atoms with van der Waals surface area (Å²) in [5, 5.41) is 4.94. The van der Waals surface area contributed by atoms with Crippen LogP contribution >= 0.6 is 0 Å². The highest BCUT2D eigenvalue weighted by molar-refractivity contribution is 6.06. The Hall–Kier alpha value is -6.21. The lowest BCUT2D eigenvalue weighted by Gasteiger charge is -2.54. The van der Waals surface area contributed by atoms with Gasteiger partial charge in [-0.3, -0.25) is 29.6 Å². The number of rotatable bonds is 12. The van der Waals surface area contributed by atoms with Crippen LogP contribution in [0.15, 0.2) is 54.7 Å². The van der Waals surface area contributed by atoms with Crippen LogP contribution in [0.5, 0.6) is 5.75 Å². The normalized spacial score (nSPS) is 24.4. The molecular weight excluding hydrogens is 946 g/mol. The largest absolute Gasteiger partial charge is 0.468 e. The number of fused-ring (bicyclic) bond motifs is 5. The number of pyridine rings is 1. The monoisotopic (exact) mass is 1010 g/mol. The predicted molar refractivity (Wildman–Crippen MR) is 286 cm³/mol. The summed E-state index contributed by atoms with van der Waals surface area (Å²) in [5.41, 5.74) is 5.40. The van der Waals surface area contributed by atoms with E-state index in [0.717, 1.165) is 124 Å². The smallest absolute Gasteiger partial charge is 0.255 e. The Balaban J connectivity index is 0.651. The minimum absolute atomic E-state index is 0.0786. The maximum Gasteiger partial charge on any atom is 0.255 e. The lowest BCUT2D eigenvalue weighted by atomic mass is 9.57. The molecule has 3 amide bonds. The molecule has 13 rings (SSSR count). The van der Waals surface area contributed by atoms with Gasteiger partial charge >= 0.3 is 0 Å². The Morgan fingerprint density at radius 2 is 1.67 bits per heavy atom. The van der Waals surface area contributed by atoms with Gasteiger partial charge < -0.3 is 29.1 Å². The molecule has 5 aromatic rings. The van der Waals surface area contributed by atoms with Crippen LogP contribution in [0, 0.1) is 46.2 Å². The third-order valence-electron chi connectivity index (χ3n) is 18.5. The molecule has 3 aromatic carbocycles. The number of piperidine rings is 3. The lowest BCUT2D eigenvalue weighted by Crippen LogP contribution is -2.53. The van der Waals surface area contributed by atoms with Crippen LogP contribution in [0.2, 0.25) is 0 Å². The maximum absolute atomic E-state index is 17.5. The van der Waals surface area contributed by atoms with Crippen molar-refractivity contribution in [3.05, 3.63) is 83.1 Å². The molecule has 7 fully saturated rings. The number of benzene rings is 3. The second kappa shape index (κ2) is 19.4. The van der Waals surface area contributed by atoms with Crippen molar-refractivity contribution in [2.24, 2.45) is 28.6 Å². The zero-order chi connectivity index (χ0) is 51.0. The van der Waals surface area contributed by atoms with Crippen LogP contribution in [0.3, 0.4) is 0 Å². The SMILES string of the molecule is CCc1cccc2cc(OCOC)cc(-c3ncc4c(N5CC6CCC(C6)C5)nc(C#CC5(CN6CCC7(CC6)CC(CN6CCN(c8ccc9c(c8)CN([C@H]8CCC(=O)NC8=O)C9=O)CC6)C7)CC5)nc4c3F)c12. The summed E-state index contributed by atoms with van der Waals surface area (Å²) in [6.45, 7) is 12.7. The number of aromatic nitrogens is 3. The average molecular weight is 1010 g/mol. The molecule has 1 spiro atoms. The van der Waals surface area contributed by atoms with Crippen molar-refractivity contribution >= 4 is 50.9 Å². The number of hydrogen-bond donors (Lipinski definition) is 1. The summed E-state index contributed by atoms with van der Waals surface area (Å²) in [6.07, 6.45) is 14.1. The van der Waals surface area contributed by atoms with Gasteiger partial charge in [-0.1, -0.05) is 31.0 Å². The molecule has 4 saturated heterocycles. The number of nitrogens with zero attached hydrogens (tertiary/aromatic N) is 8. The lowest BCUT2D eigenvalue weighted by molar-refractivity contribution is -0.136. The van der Waals surface area contributed by atoms with Crippen LogP contribution in [-0.2, 0) is 27.3 Å². The van der Waals surface area contributed by atoms with Crippen molar-refractivity contribution in [3.63, 3.8) is 0 Å². The van der Waals surface area contributed by atoms with E-state index < -0.39 is 11.9 Å². The number of halogens is 1. The van der Waals surface area contributed by atoms with E-state index in [2.05, 4.69) is 61.9 Å². The van der Waals surface area contributed by atoms with Crippen LogP contribution in [-0.4, -0.2) is 133 Å². The first-order valence-corrected chi connectivity index (χ1v) is 27.8. The highest BCUT2D eigenvalue weighted by atomic mass is 19.1. The summed E-state index contributed by atoms with van der Waals surface area (Å²) in [5.74, 6) is 9.59. The van der Waals surface area contributed by atoms with Crippen molar-refractivity contribution < 1.29 is 28.2 Å². The summed E-state index contributed by atoms with van der Waals surface area (Å²) < 4.78 is 28.7. The van der Waals surface area contributed by atoms with Crippen LogP contribution in [0.25, 0.3) is 32.9 Å². The summed E-state index contributed by atoms with van der Waals surface area (Å²) in [7, 11) is 1.59. The molecule has 75 heavy (non-hydrogen) atoms. The number of ether oxygens (including phenoxy) is 2. The van der Waals surface area contributed by atoms with Gasteiger partial charge in [-0.25, -0.2) is 14.4 Å². The number of hydrogen-bond acceptors (Lipinski definition) is 12. The number of nitrogens with one attached hydrogen (secondary N) is 1. The summed E-state index contributed by atoms with van der Waals surface area (Å²) >= 11 is 0. The van der Waals surface area contributed by atoms with Crippen LogP contribution in [0.1, 0.15) is 105 Å². The fourth-order valence-corrected chi connectivity index (χ4v) is 14.4. The van der Waals surface area contributed by atoms with Gasteiger partial charge in [0.1, 0.15) is 28.8 Å². The molecule has 1 N–H and O–H groups in total. The Morgan fingerprint density at radius 1 is 0.867 bits per heavy atom. The van der Waals surface area contributed by atoms with Gasteiger partial charge in [0, 0.05) is 101 Å². The first kappa shape index (κ1) is 48.4. The number of methoxy groups -OCH3 is 1. The van der Waals surface area contributed by atoms with Crippen LogP contribution < -0.4 is 19.9 Å². The van der Waals surface area contributed by atoms with E-state index in [1.54, 1.807) is 18.2 Å². The second-order valence-electron chi connectivity index (χ2n) is 23.5. The average Bonchev–Trinajstić information content (AvgIpc) is 4.00. The molecule has 5 aliphatic heterocycles. The number of aryl methyl sites for hydroxylation is 1. The molecule has 14 nitrogen and oxygen atoms in total. The van der Waals surface area contributed by atoms with Gasteiger partial charge in [-0.05, 0) is 165 Å². The van der Waals surface area contributed by atoms with E-state index >= 15 is 4.39 Å². The fourth-order valence-electron chi connectivity index (χ4n) is 14.4. The quantitative estimate of drug-likeness (QED) is 0.0738. The van der Waals surface area contributed by atoms with E-state index in [9.17, 15) is 14.4 Å². The summed E-state index contributed by atoms with van der Waals surface area (Å²) in [4.78, 5) is 64.2.